The fourth-order valence-corrected chi connectivity index (χ4v) is 5.10. The monoisotopic (exact) mass is 462 g/mol. The first kappa shape index (κ1) is 20.8. The number of hydrogen-bond acceptors (Lipinski definition) is 3. The Kier molecular flexibility index (Phi) is 5.49. The maximum atomic E-state index is 6.56. The van der Waals surface area contributed by atoms with Crippen LogP contribution in [0.5, 0.6) is 0 Å². The van der Waals surface area contributed by atoms with Crippen LogP contribution in [0.2, 0.25) is 5.02 Å². The van der Waals surface area contributed by atoms with Crippen LogP contribution in [-0.2, 0) is 6.54 Å². The number of thiocarbonyl (C=S) groups is 1. The summed E-state index contributed by atoms with van der Waals surface area (Å²) >= 11 is 12.3. The minimum atomic E-state index is -0.0844. The molecule has 1 aliphatic rings. The van der Waals surface area contributed by atoms with Gasteiger partial charge in [-0.05, 0) is 74.1 Å². The first-order chi connectivity index (χ1) is 15.5. The predicted octanol–water partition coefficient (Wildman–Crippen LogP) is 5.91. The molecule has 1 fully saturated rings. The second-order valence-electron chi connectivity index (χ2n) is 7.95. The van der Waals surface area contributed by atoms with Gasteiger partial charge in [0.25, 0.3) is 0 Å². The van der Waals surface area contributed by atoms with Gasteiger partial charge in [-0.15, -0.1) is 0 Å². The molecule has 4 heterocycles. The highest BCUT2D eigenvalue weighted by molar-refractivity contribution is 7.80. The number of benzene rings is 1. The molecule has 2 atom stereocenters. The number of halogens is 1. The highest BCUT2D eigenvalue weighted by atomic mass is 35.5. The van der Waals surface area contributed by atoms with E-state index in [-0.39, 0.29) is 12.1 Å². The molecular formula is C25H23ClN4OS. The van der Waals surface area contributed by atoms with Crippen molar-refractivity contribution in [2.45, 2.75) is 32.5 Å². The number of aromatic nitrogens is 2. The van der Waals surface area contributed by atoms with Gasteiger partial charge >= 0.3 is 0 Å². The molecule has 3 aromatic heterocycles. The summed E-state index contributed by atoms with van der Waals surface area (Å²) in [5.41, 5.74) is 5.33. The Morgan fingerprint density at radius 3 is 2.62 bits per heavy atom. The van der Waals surface area contributed by atoms with Gasteiger partial charge in [0, 0.05) is 17.6 Å². The maximum absolute atomic E-state index is 6.56. The van der Waals surface area contributed by atoms with Gasteiger partial charge in [0.2, 0.25) is 0 Å². The highest BCUT2D eigenvalue weighted by Crippen LogP contribution is 2.42. The lowest BCUT2D eigenvalue weighted by Gasteiger charge is -2.27. The summed E-state index contributed by atoms with van der Waals surface area (Å²) in [4.78, 5) is 6.82. The zero-order valence-corrected chi connectivity index (χ0v) is 19.4. The third-order valence-corrected chi connectivity index (χ3v) is 6.66. The molecule has 5 nitrogen and oxygen atoms in total. The number of pyridine rings is 1. The second-order valence-corrected chi connectivity index (χ2v) is 8.74. The van der Waals surface area contributed by atoms with Crippen LogP contribution < -0.4 is 5.32 Å². The second kappa shape index (κ2) is 8.45. The summed E-state index contributed by atoms with van der Waals surface area (Å²) in [7, 11) is 0. The van der Waals surface area contributed by atoms with Gasteiger partial charge < -0.3 is 19.2 Å². The molecule has 1 aliphatic heterocycles. The molecular weight excluding hydrogens is 440 g/mol. The summed E-state index contributed by atoms with van der Waals surface area (Å²) in [6.45, 7) is 4.81. The average molecular weight is 463 g/mol. The van der Waals surface area contributed by atoms with Gasteiger partial charge in [0.1, 0.15) is 5.76 Å². The summed E-state index contributed by atoms with van der Waals surface area (Å²) in [6, 6.07) is 19.8. The van der Waals surface area contributed by atoms with Gasteiger partial charge in [0.15, 0.2) is 5.11 Å². The lowest BCUT2D eigenvalue weighted by Crippen LogP contribution is -2.29. The number of para-hydroxylation sites is 1. The number of nitrogens with one attached hydrogen (secondary N) is 1. The first-order valence-electron chi connectivity index (χ1n) is 10.5. The number of hydrogen-bond donors (Lipinski definition) is 1. The molecule has 7 heteroatoms. The van der Waals surface area contributed by atoms with Crippen LogP contribution in [0.25, 0.3) is 5.69 Å². The Hall–Kier alpha value is -3.09. The van der Waals surface area contributed by atoms with Crippen LogP contribution in [0.1, 0.15) is 40.5 Å². The molecule has 1 aromatic carbocycles. The highest BCUT2D eigenvalue weighted by Gasteiger charge is 2.41. The van der Waals surface area contributed by atoms with Crippen molar-refractivity contribution in [2.75, 3.05) is 0 Å². The van der Waals surface area contributed by atoms with E-state index in [1.165, 1.54) is 5.56 Å². The van der Waals surface area contributed by atoms with Crippen LogP contribution in [0.3, 0.4) is 0 Å². The van der Waals surface area contributed by atoms with Crippen LogP contribution in [0, 0.1) is 13.8 Å². The largest absolute Gasteiger partial charge is 0.467 e. The zero-order valence-electron chi connectivity index (χ0n) is 17.8. The first-order valence-corrected chi connectivity index (χ1v) is 11.3. The minimum absolute atomic E-state index is 0.0510. The van der Waals surface area contributed by atoms with Crippen molar-refractivity contribution in [1.29, 1.82) is 0 Å². The standard InChI is InChI=1S/C25H23ClN4OS/c1-16-14-19(17(2)30(16)22-11-4-3-9-20(22)26)24-23(21-10-5-6-12-27-21)28-25(32)29(24)15-18-8-7-13-31-18/h3-14,23-24H,15H2,1-2H3,(H,28,32). The molecule has 5 rings (SSSR count). The van der Waals surface area contributed by atoms with Gasteiger partial charge in [-0.25, -0.2) is 0 Å². The fourth-order valence-electron chi connectivity index (χ4n) is 4.58. The molecule has 0 bridgehead atoms. The van der Waals surface area contributed by atoms with E-state index in [1.54, 1.807) is 6.26 Å². The molecule has 0 amide bonds. The molecule has 32 heavy (non-hydrogen) atoms. The van der Waals surface area contributed by atoms with E-state index in [0.29, 0.717) is 11.7 Å². The summed E-state index contributed by atoms with van der Waals surface area (Å²) in [5.74, 6) is 0.862. The van der Waals surface area contributed by atoms with Crippen molar-refractivity contribution in [1.82, 2.24) is 19.8 Å². The summed E-state index contributed by atoms with van der Waals surface area (Å²) in [5, 5.41) is 4.91. The Labute approximate surface area is 197 Å². The predicted molar refractivity (Wildman–Crippen MR) is 130 cm³/mol. The third kappa shape index (κ3) is 3.59. The topological polar surface area (TPSA) is 46.2 Å². The van der Waals surface area contributed by atoms with E-state index in [2.05, 4.69) is 39.7 Å². The van der Waals surface area contributed by atoms with E-state index in [0.717, 1.165) is 33.6 Å². The van der Waals surface area contributed by atoms with Crippen molar-refractivity contribution < 1.29 is 4.42 Å². The third-order valence-electron chi connectivity index (χ3n) is 5.99. The molecule has 1 N–H and O–H groups in total. The zero-order chi connectivity index (χ0) is 22.2. The summed E-state index contributed by atoms with van der Waals surface area (Å²) in [6.07, 6.45) is 3.51. The van der Waals surface area contributed by atoms with Crippen molar-refractivity contribution in [3.63, 3.8) is 0 Å². The van der Waals surface area contributed by atoms with Gasteiger partial charge in [-0.3, -0.25) is 4.98 Å². The molecule has 0 aliphatic carbocycles. The molecule has 0 saturated carbocycles. The Morgan fingerprint density at radius 1 is 1.09 bits per heavy atom. The van der Waals surface area contributed by atoms with Crippen LogP contribution >= 0.6 is 23.8 Å². The van der Waals surface area contributed by atoms with Gasteiger partial charge in [0.05, 0.1) is 41.3 Å². The number of nitrogens with zero attached hydrogens (tertiary/aromatic N) is 3. The lowest BCUT2D eigenvalue weighted by atomic mass is 9.96. The number of furan rings is 1. The maximum Gasteiger partial charge on any atom is 0.170 e. The Morgan fingerprint density at radius 2 is 1.91 bits per heavy atom. The number of rotatable bonds is 5. The fraction of sp³-hybridized carbons (Fsp3) is 0.200. The van der Waals surface area contributed by atoms with E-state index in [4.69, 9.17) is 28.2 Å². The van der Waals surface area contributed by atoms with E-state index in [9.17, 15) is 0 Å². The normalized spacial score (nSPS) is 18.2. The van der Waals surface area contributed by atoms with Gasteiger partial charge in [-0.1, -0.05) is 29.8 Å². The smallest absolute Gasteiger partial charge is 0.170 e. The quantitative estimate of drug-likeness (QED) is 0.373. The van der Waals surface area contributed by atoms with Crippen LogP contribution in [0.4, 0.5) is 0 Å². The van der Waals surface area contributed by atoms with E-state index < -0.39 is 0 Å². The van der Waals surface area contributed by atoms with E-state index in [1.807, 2.05) is 60.8 Å². The van der Waals surface area contributed by atoms with Crippen molar-refractivity contribution >= 4 is 28.9 Å². The molecule has 0 radical (unpaired) electrons. The Balaban J connectivity index is 1.64. The van der Waals surface area contributed by atoms with Gasteiger partial charge in [-0.2, -0.15) is 0 Å². The number of aryl methyl sites for hydroxylation is 1. The SMILES string of the molecule is Cc1cc(C2C(c3ccccn3)NC(=S)N2Cc2ccco2)c(C)n1-c1ccccc1Cl. The molecule has 162 valence electrons. The molecule has 4 aromatic rings. The van der Waals surface area contributed by atoms with Crippen LogP contribution in [0.15, 0.2) is 77.5 Å². The summed E-state index contributed by atoms with van der Waals surface area (Å²) < 4.78 is 7.85. The average Bonchev–Trinajstić information content (AvgIpc) is 3.49. The van der Waals surface area contributed by atoms with Crippen molar-refractivity contribution in [3.05, 3.63) is 107 Å². The minimum Gasteiger partial charge on any atom is -0.467 e. The van der Waals surface area contributed by atoms with E-state index >= 15 is 0 Å². The Bertz CT molecular complexity index is 1250. The molecule has 0 spiro atoms. The van der Waals surface area contributed by atoms with Crippen LogP contribution in [-0.4, -0.2) is 19.6 Å². The molecule has 2 unspecified atom stereocenters. The van der Waals surface area contributed by atoms with Crippen molar-refractivity contribution in [3.8, 4) is 5.69 Å². The lowest BCUT2D eigenvalue weighted by molar-refractivity contribution is 0.286. The molecule has 1 saturated heterocycles. The van der Waals surface area contributed by atoms with Crippen molar-refractivity contribution in [2.24, 2.45) is 0 Å².